The predicted molar refractivity (Wildman–Crippen MR) is 121 cm³/mol. The van der Waals surface area contributed by atoms with Gasteiger partial charge in [0.25, 0.3) is 0 Å². The van der Waals surface area contributed by atoms with Crippen molar-refractivity contribution < 1.29 is 32.2 Å². The highest BCUT2D eigenvalue weighted by Crippen LogP contribution is 2.28. The van der Waals surface area contributed by atoms with Crippen LogP contribution < -0.4 is 4.74 Å². The summed E-state index contributed by atoms with van der Waals surface area (Å²) in [6, 6.07) is 7.76. The van der Waals surface area contributed by atoms with E-state index in [2.05, 4.69) is 25.5 Å². The van der Waals surface area contributed by atoms with Gasteiger partial charge in [-0.2, -0.15) is 13.2 Å². The Bertz CT molecular complexity index is 742. The number of rotatable bonds is 6. The predicted octanol–water partition coefficient (Wildman–Crippen LogP) is 7.24. The van der Waals surface area contributed by atoms with Gasteiger partial charge in [-0.1, -0.05) is 46.8 Å². The highest BCUT2D eigenvalue weighted by molar-refractivity contribution is 5.78. The highest BCUT2D eigenvalue weighted by atomic mass is 19.4. The van der Waals surface area contributed by atoms with Crippen molar-refractivity contribution >= 4 is 11.9 Å². The summed E-state index contributed by atoms with van der Waals surface area (Å²) in [5.41, 5.74) is 0.0602. The number of alkyl halides is 3. The maximum Gasteiger partial charge on any atom is 0.425 e. The van der Waals surface area contributed by atoms with Crippen LogP contribution in [0.2, 0.25) is 0 Å². The molecule has 0 aliphatic rings. The first-order chi connectivity index (χ1) is 14.3. The second-order valence-corrected chi connectivity index (χ2v) is 10.2. The number of esters is 2. The van der Waals surface area contributed by atoms with Gasteiger partial charge in [-0.3, -0.25) is 9.59 Å². The number of carbonyl (C=O) groups excluding carboxylic acids is 2. The molecule has 32 heavy (non-hydrogen) atoms. The number of ether oxygens (including phenoxy) is 2. The molecule has 1 aromatic carbocycles. The molecule has 0 saturated carbocycles. The fourth-order valence-corrected chi connectivity index (χ4v) is 1.94. The van der Waals surface area contributed by atoms with Crippen LogP contribution in [-0.2, 0) is 19.7 Å². The van der Waals surface area contributed by atoms with Gasteiger partial charge >= 0.3 is 18.1 Å². The molecule has 0 fully saturated rings. The SMILES string of the molecule is CCC(C)(C)C(=O)OC(C)C(F)(F)F.CCC(C)(C)C(=O)Oc1ccc(C(C)(C)C)cc1. The molecule has 0 aliphatic carbocycles. The van der Waals surface area contributed by atoms with E-state index in [1.165, 1.54) is 5.56 Å². The van der Waals surface area contributed by atoms with Gasteiger partial charge in [0, 0.05) is 0 Å². The summed E-state index contributed by atoms with van der Waals surface area (Å²) in [7, 11) is 0. The fourth-order valence-electron chi connectivity index (χ4n) is 1.94. The topological polar surface area (TPSA) is 52.6 Å². The average molecular weight is 461 g/mol. The summed E-state index contributed by atoms with van der Waals surface area (Å²) in [5, 5.41) is 0. The maximum absolute atomic E-state index is 12.0. The van der Waals surface area contributed by atoms with Gasteiger partial charge in [0.1, 0.15) is 5.75 Å². The summed E-state index contributed by atoms with van der Waals surface area (Å²) in [6.45, 7) is 17.9. The Hall–Kier alpha value is -2.05. The Labute approximate surface area is 190 Å². The van der Waals surface area contributed by atoms with Crippen molar-refractivity contribution in [3.8, 4) is 5.75 Å². The molecule has 0 spiro atoms. The van der Waals surface area contributed by atoms with Crippen molar-refractivity contribution in [3.05, 3.63) is 29.8 Å². The zero-order valence-corrected chi connectivity index (χ0v) is 21.1. The monoisotopic (exact) mass is 460 g/mol. The van der Waals surface area contributed by atoms with Crippen LogP contribution in [-0.4, -0.2) is 24.2 Å². The minimum Gasteiger partial charge on any atom is -0.453 e. The Kier molecular flexibility index (Phi) is 10.5. The van der Waals surface area contributed by atoms with Crippen molar-refractivity contribution in [1.29, 1.82) is 0 Å². The second kappa shape index (κ2) is 11.2. The summed E-state index contributed by atoms with van der Waals surface area (Å²) >= 11 is 0. The van der Waals surface area contributed by atoms with E-state index >= 15 is 0 Å². The smallest absolute Gasteiger partial charge is 0.425 e. The van der Waals surface area contributed by atoms with Gasteiger partial charge in [-0.25, -0.2) is 0 Å². The van der Waals surface area contributed by atoms with Gasteiger partial charge in [0.05, 0.1) is 10.8 Å². The summed E-state index contributed by atoms with van der Waals surface area (Å²) in [6.07, 6.45) is -5.32. The minimum absolute atomic E-state index is 0.116. The third-order valence-corrected chi connectivity index (χ3v) is 5.55. The summed E-state index contributed by atoms with van der Waals surface area (Å²) in [4.78, 5) is 23.2. The molecular formula is C25H39F3O4. The zero-order chi connectivity index (χ0) is 25.5. The van der Waals surface area contributed by atoms with Crippen molar-refractivity contribution in [2.24, 2.45) is 10.8 Å². The van der Waals surface area contributed by atoms with E-state index in [0.29, 0.717) is 12.2 Å². The normalized spacial score (nSPS) is 13.5. The van der Waals surface area contributed by atoms with E-state index in [1.807, 2.05) is 45.0 Å². The highest BCUT2D eigenvalue weighted by Gasteiger charge is 2.41. The minimum atomic E-state index is -4.49. The number of halogens is 3. The lowest BCUT2D eigenvalue weighted by Crippen LogP contribution is -2.36. The molecule has 1 unspecified atom stereocenters. The van der Waals surface area contributed by atoms with E-state index < -0.39 is 29.1 Å². The van der Waals surface area contributed by atoms with Crippen LogP contribution in [0.3, 0.4) is 0 Å². The fraction of sp³-hybridized carbons (Fsp3) is 0.680. The molecule has 0 aromatic heterocycles. The second-order valence-electron chi connectivity index (χ2n) is 10.2. The number of hydrogen-bond acceptors (Lipinski definition) is 4. The molecule has 0 N–H and O–H groups in total. The van der Waals surface area contributed by atoms with E-state index in [-0.39, 0.29) is 11.4 Å². The number of hydrogen-bond donors (Lipinski definition) is 0. The van der Waals surface area contributed by atoms with Crippen molar-refractivity contribution in [3.63, 3.8) is 0 Å². The number of benzene rings is 1. The van der Waals surface area contributed by atoms with E-state index in [9.17, 15) is 22.8 Å². The number of carbonyl (C=O) groups is 2. The Morgan fingerprint density at radius 1 is 0.812 bits per heavy atom. The van der Waals surface area contributed by atoms with Crippen LogP contribution in [0.5, 0.6) is 5.75 Å². The standard InChI is InChI=1S/C16H24O2.C9H15F3O2/c1-7-16(5,6)14(17)18-13-10-8-12(9-11-13)15(2,3)4;1-5-8(3,4)7(13)14-6(2)9(10,11)12/h8-11H,7H2,1-6H3;6H,5H2,1-4H3. The first-order valence-electron chi connectivity index (χ1n) is 10.9. The molecule has 7 heteroatoms. The third kappa shape index (κ3) is 9.61. The molecule has 0 amide bonds. The third-order valence-electron chi connectivity index (χ3n) is 5.55. The Morgan fingerprint density at radius 3 is 1.56 bits per heavy atom. The average Bonchev–Trinajstić information content (AvgIpc) is 2.67. The lowest BCUT2D eigenvalue weighted by atomic mass is 9.87. The molecular weight excluding hydrogens is 421 g/mol. The molecule has 184 valence electrons. The van der Waals surface area contributed by atoms with Crippen LogP contribution >= 0.6 is 0 Å². The van der Waals surface area contributed by atoms with Crippen molar-refractivity contribution in [2.45, 2.75) is 99.8 Å². The Morgan fingerprint density at radius 2 is 1.22 bits per heavy atom. The summed E-state index contributed by atoms with van der Waals surface area (Å²) < 4.78 is 45.8. The van der Waals surface area contributed by atoms with Gasteiger partial charge < -0.3 is 9.47 Å². The molecule has 1 rings (SSSR count). The van der Waals surface area contributed by atoms with Crippen LogP contribution in [0.15, 0.2) is 24.3 Å². The maximum atomic E-state index is 12.0. The molecule has 0 heterocycles. The first kappa shape index (κ1) is 29.9. The van der Waals surface area contributed by atoms with Gasteiger partial charge in [0.2, 0.25) is 0 Å². The summed E-state index contributed by atoms with van der Waals surface area (Å²) in [5.74, 6) is -0.368. The van der Waals surface area contributed by atoms with Crippen LogP contribution in [0.25, 0.3) is 0 Å². The zero-order valence-electron chi connectivity index (χ0n) is 21.1. The quantitative estimate of drug-likeness (QED) is 0.332. The first-order valence-corrected chi connectivity index (χ1v) is 10.9. The molecule has 0 radical (unpaired) electrons. The van der Waals surface area contributed by atoms with Crippen LogP contribution in [0, 0.1) is 10.8 Å². The van der Waals surface area contributed by atoms with Crippen molar-refractivity contribution in [1.82, 2.24) is 0 Å². The van der Waals surface area contributed by atoms with E-state index in [4.69, 9.17) is 4.74 Å². The molecule has 0 saturated heterocycles. The van der Waals surface area contributed by atoms with Gasteiger partial charge in [-0.05, 0) is 70.6 Å². The van der Waals surface area contributed by atoms with E-state index in [0.717, 1.165) is 13.3 Å². The molecule has 1 aromatic rings. The molecule has 4 nitrogen and oxygen atoms in total. The molecule has 0 aliphatic heterocycles. The van der Waals surface area contributed by atoms with Gasteiger partial charge in [0.15, 0.2) is 6.10 Å². The van der Waals surface area contributed by atoms with Gasteiger partial charge in [-0.15, -0.1) is 0 Å². The van der Waals surface area contributed by atoms with Crippen LogP contribution in [0.4, 0.5) is 13.2 Å². The molecule has 1 atom stereocenters. The molecule has 0 bridgehead atoms. The lowest BCUT2D eigenvalue weighted by molar-refractivity contribution is -0.221. The lowest BCUT2D eigenvalue weighted by Gasteiger charge is -2.24. The van der Waals surface area contributed by atoms with E-state index in [1.54, 1.807) is 20.8 Å². The van der Waals surface area contributed by atoms with Crippen molar-refractivity contribution in [2.75, 3.05) is 0 Å². The van der Waals surface area contributed by atoms with Crippen LogP contribution in [0.1, 0.15) is 87.6 Å². The Balaban J connectivity index is 0.000000622. The largest absolute Gasteiger partial charge is 0.453 e.